The van der Waals surface area contributed by atoms with Crippen molar-refractivity contribution in [3.63, 3.8) is 0 Å². The molecular formula is C12H20O2. The van der Waals surface area contributed by atoms with Gasteiger partial charge in [-0.2, -0.15) is 0 Å². The van der Waals surface area contributed by atoms with Gasteiger partial charge < -0.3 is 4.74 Å². The molecule has 80 valence electrons. The third kappa shape index (κ3) is 4.45. The van der Waals surface area contributed by atoms with Gasteiger partial charge in [-0.25, -0.2) is 0 Å². The highest BCUT2D eigenvalue weighted by Gasteiger charge is 2.22. The van der Waals surface area contributed by atoms with E-state index in [1.807, 2.05) is 0 Å². The van der Waals surface area contributed by atoms with Crippen molar-refractivity contribution in [2.45, 2.75) is 58.0 Å². The summed E-state index contributed by atoms with van der Waals surface area (Å²) in [5.74, 6) is -0.0131. The number of carbonyl (C=O) groups is 1. The van der Waals surface area contributed by atoms with Gasteiger partial charge in [-0.1, -0.05) is 19.1 Å². The number of allylic oxidation sites excluding steroid dienone is 2. The first-order valence-electron chi connectivity index (χ1n) is 5.67. The maximum atomic E-state index is 10.8. The Hall–Kier alpha value is -0.790. The SMILES string of the molecule is CCC=CCCCCC1CCC(=O)O1. The molecule has 0 aromatic rings. The third-order valence-electron chi connectivity index (χ3n) is 2.52. The van der Waals surface area contributed by atoms with Crippen LogP contribution in [0.2, 0.25) is 0 Å². The van der Waals surface area contributed by atoms with Crippen LogP contribution < -0.4 is 0 Å². The maximum absolute atomic E-state index is 10.8. The minimum absolute atomic E-state index is 0.0131. The van der Waals surface area contributed by atoms with Crippen LogP contribution in [0.5, 0.6) is 0 Å². The molecule has 1 saturated heterocycles. The van der Waals surface area contributed by atoms with Gasteiger partial charge in [-0.3, -0.25) is 4.79 Å². The van der Waals surface area contributed by atoms with Crippen LogP contribution in [0, 0.1) is 0 Å². The molecule has 0 aromatic carbocycles. The lowest BCUT2D eigenvalue weighted by Crippen LogP contribution is -2.05. The van der Waals surface area contributed by atoms with Crippen molar-refractivity contribution in [2.75, 3.05) is 0 Å². The average molecular weight is 196 g/mol. The zero-order valence-electron chi connectivity index (χ0n) is 9.00. The lowest BCUT2D eigenvalue weighted by molar-refractivity contribution is -0.141. The van der Waals surface area contributed by atoms with E-state index in [1.54, 1.807) is 0 Å². The predicted molar refractivity (Wildman–Crippen MR) is 57.0 cm³/mol. The Morgan fingerprint density at radius 1 is 1.43 bits per heavy atom. The lowest BCUT2D eigenvalue weighted by Gasteiger charge is -2.07. The summed E-state index contributed by atoms with van der Waals surface area (Å²) in [6.45, 7) is 2.15. The van der Waals surface area contributed by atoms with Crippen molar-refractivity contribution in [3.8, 4) is 0 Å². The summed E-state index contributed by atoms with van der Waals surface area (Å²) in [5.41, 5.74) is 0. The van der Waals surface area contributed by atoms with Crippen molar-refractivity contribution in [1.82, 2.24) is 0 Å². The Kier molecular flexibility index (Phi) is 5.35. The van der Waals surface area contributed by atoms with Crippen LogP contribution in [0.3, 0.4) is 0 Å². The highest BCUT2D eigenvalue weighted by molar-refractivity contribution is 5.71. The van der Waals surface area contributed by atoms with Gasteiger partial charge in [0.25, 0.3) is 0 Å². The molecule has 1 heterocycles. The summed E-state index contributed by atoms with van der Waals surface area (Å²) >= 11 is 0. The van der Waals surface area contributed by atoms with Crippen LogP contribution in [-0.4, -0.2) is 12.1 Å². The Labute approximate surface area is 86.3 Å². The molecule has 1 unspecified atom stereocenters. The number of rotatable bonds is 6. The molecule has 1 fully saturated rings. The minimum Gasteiger partial charge on any atom is -0.462 e. The average Bonchev–Trinajstić information content (AvgIpc) is 2.58. The van der Waals surface area contributed by atoms with Gasteiger partial charge in [0.1, 0.15) is 6.10 Å². The summed E-state index contributed by atoms with van der Waals surface area (Å²) < 4.78 is 5.13. The van der Waals surface area contributed by atoms with Gasteiger partial charge in [0.05, 0.1) is 0 Å². The predicted octanol–water partition coefficient (Wildman–Crippen LogP) is 3.22. The second kappa shape index (κ2) is 6.63. The summed E-state index contributed by atoms with van der Waals surface area (Å²) in [5, 5.41) is 0. The molecule has 0 amide bonds. The molecule has 0 spiro atoms. The zero-order chi connectivity index (χ0) is 10.2. The summed E-state index contributed by atoms with van der Waals surface area (Å²) in [6, 6.07) is 0. The molecule has 0 radical (unpaired) electrons. The van der Waals surface area contributed by atoms with Gasteiger partial charge in [-0.15, -0.1) is 0 Å². The number of esters is 1. The van der Waals surface area contributed by atoms with Gasteiger partial charge in [0, 0.05) is 6.42 Å². The molecule has 1 atom stereocenters. The Morgan fingerprint density at radius 2 is 2.29 bits per heavy atom. The first kappa shape index (κ1) is 11.3. The first-order chi connectivity index (χ1) is 6.83. The first-order valence-corrected chi connectivity index (χ1v) is 5.67. The summed E-state index contributed by atoms with van der Waals surface area (Å²) in [4.78, 5) is 10.8. The Balaban J connectivity index is 1.94. The molecule has 0 saturated carbocycles. The Morgan fingerprint density at radius 3 is 2.93 bits per heavy atom. The number of hydrogen-bond donors (Lipinski definition) is 0. The molecule has 0 aliphatic carbocycles. The topological polar surface area (TPSA) is 26.3 Å². The van der Waals surface area contributed by atoms with Gasteiger partial charge in [-0.05, 0) is 38.5 Å². The van der Waals surface area contributed by atoms with Crippen LogP contribution in [0.4, 0.5) is 0 Å². The molecule has 1 aliphatic heterocycles. The van der Waals surface area contributed by atoms with Crippen LogP contribution in [0.1, 0.15) is 51.9 Å². The third-order valence-corrected chi connectivity index (χ3v) is 2.52. The molecule has 0 aromatic heterocycles. The second-order valence-electron chi connectivity index (χ2n) is 3.81. The second-order valence-corrected chi connectivity index (χ2v) is 3.81. The number of unbranched alkanes of at least 4 members (excludes halogenated alkanes) is 2. The molecule has 14 heavy (non-hydrogen) atoms. The van der Waals surface area contributed by atoms with Gasteiger partial charge in [0.2, 0.25) is 0 Å². The number of hydrogen-bond acceptors (Lipinski definition) is 2. The van der Waals surface area contributed by atoms with E-state index in [4.69, 9.17) is 4.74 Å². The van der Waals surface area contributed by atoms with Gasteiger partial charge >= 0.3 is 5.97 Å². The normalized spacial score (nSPS) is 21.8. The number of carbonyl (C=O) groups excluding carboxylic acids is 1. The van der Waals surface area contributed by atoms with Crippen molar-refractivity contribution in [2.24, 2.45) is 0 Å². The summed E-state index contributed by atoms with van der Waals surface area (Å²) in [7, 11) is 0. The minimum atomic E-state index is -0.0131. The standard InChI is InChI=1S/C12H20O2/c1-2-3-4-5-6-7-8-11-9-10-12(13)14-11/h3-4,11H,2,5-10H2,1H3. The van der Waals surface area contributed by atoms with E-state index < -0.39 is 0 Å². The van der Waals surface area contributed by atoms with E-state index in [1.165, 1.54) is 12.8 Å². The van der Waals surface area contributed by atoms with E-state index in [0.717, 1.165) is 25.7 Å². The van der Waals surface area contributed by atoms with Crippen molar-refractivity contribution >= 4 is 5.97 Å². The quantitative estimate of drug-likeness (QED) is 0.370. The van der Waals surface area contributed by atoms with Crippen LogP contribution in [0.25, 0.3) is 0 Å². The fourth-order valence-corrected chi connectivity index (χ4v) is 1.70. The van der Waals surface area contributed by atoms with Crippen molar-refractivity contribution in [3.05, 3.63) is 12.2 Å². The molecular weight excluding hydrogens is 176 g/mol. The molecule has 0 bridgehead atoms. The highest BCUT2D eigenvalue weighted by atomic mass is 16.5. The molecule has 1 rings (SSSR count). The van der Waals surface area contributed by atoms with E-state index in [2.05, 4.69) is 19.1 Å². The molecule has 2 heteroatoms. The number of ether oxygens (including phenoxy) is 1. The van der Waals surface area contributed by atoms with Crippen LogP contribution in [0.15, 0.2) is 12.2 Å². The fourth-order valence-electron chi connectivity index (χ4n) is 1.70. The molecule has 1 aliphatic rings. The van der Waals surface area contributed by atoms with Gasteiger partial charge in [0.15, 0.2) is 0 Å². The van der Waals surface area contributed by atoms with E-state index >= 15 is 0 Å². The highest BCUT2D eigenvalue weighted by Crippen LogP contribution is 2.19. The largest absolute Gasteiger partial charge is 0.462 e. The molecule has 2 nitrogen and oxygen atoms in total. The zero-order valence-corrected chi connectivity index (χ0v) is 9.00. The maximum Gasteiger partial charge on any atom is 0.306 e. The van der Waals surface area contributed by atoms with Crippen molar-refractivity contribution < 1.29 is 9.53 Å². The van der Waals surface area contributed by atoms with Crippen molar-refractivity contribution in [1.29, 1.82) is 0 Å². The molecule has 0 N–H and O–H groups in total. The monoisotopic (exact) mass is 196 g/mol. The smallest absolute Gasteiger partial charge is 0.306 e. The number of cyclic esters (lactones) is 1. The van der Waals surface area contributed by atoms with E-state index in [9.17, 15) is 4.79 Å². The Bertz CT molecular complexity index is 196. The summed E-state index contributed by atoms with van der Waals surface area (Å²) in [6.07, 6.45) is 11.9. The lowest BCUT2D eigenvalue weighted by atomic mass is 10.1. The van der Waals surface area contributed by atoms with E-state index in [0.29, 0.717) is 6.42 Å². The fraction of sp³-hybridized carbons (Fsp3) is 0.750. The van der Waals surface area contributed by atoms with E-state index in [-0.39, 0.29) is 12.1 Å². The van der Waals surface area contributed by atoms with Crippen LogP contribution >= 0.6 is 0 Å². The van der Waals surface area contributed by atoms with Crippen LogP contribution in [-0.2, 0) is 9.53 Å².